The standard InChI is InChI=1S/C18H16FN5O3S/c1-18(10-23-8-15(24(25)26)21-17(23)27-18)9-22-6-13-14(7-22)28-16(20-13)11-4-2-3-5-12(11)19/h2-5,8H,6-7,9-10H2,1H3/t18-/m0/s1. The lowest BCUT2D eigenvalue weighted by molar-refractivity contribution is -0.389. The zero-order valence-electron chi connectivity index (χ0n) is 15.0. The molecule has 0 bridgehead atoms. The van der Waals surface area contributed by atoms with Crippen molar-refractivity contribution in [1.29, 1.82) is 0 Å². The van der Waals surface area contributed by atoms with Crippen LogP contribution < -0.4 is 4.74 Å². The van der Waals surface area contributed by atoms with Crippen LogP contribution in [0.4, 0.5) is 10.2 Å². The van der Waals surface area contributed by atoms with Crippen LogP contribution >= 0.6 is 11.3 Å². The minimum absolute atomic E-state index is 0.203. The quantitative estimate of drug-likeness (QED) is 0.493. The maximum atomic E-state index is 14.0. The first-order valence-electron chi connectivity index (χ1n) is 8.77. The van der Waals surface area contributed by atoms with Crippen LogP contribution in [0.5, 0.6) is 6.01 Å². The maximum Gasteiger partial charge on any atom is 0.415 e. The molecule has 0 spiro atoms. The first-order chi connectivity index (χ1) is 13.4. The van der Waals surface area contributed by atoms with Crippen molar-refractivity contribution >= 4 is 17.2 Å². The second-order valence-electron chi connectivity index (χ2n) is 7.33. The van der Waals surface area contributed by atoms with Crippen LogP contribution in [0, 0.1) is 15.9 Å². The molecule has 0 N–H and O–H groups in total. The van der Waals surface area contributed by atoms with Crippen LogP contribution in [0.3, 0.4) is 0 Å². The van der Waals surface area contributed by atoms with Crippen LogP contribution in [-0.2, 0) is 19.6 Å². The summed E-state index contributed by atoms with van der Waals surface area (Å²) in [7, 11) is 0. The molecule has 0 unspecified atom stereocenters. The molecule has 8 nitrogen and oxygen atoms in total. The lowest BCUT2D eigenvalue weighted by atomic mass is 10.1. The lowest BCUT2D eigenvalue weighted by Crippen LogP contribution is -2.43. The van der Waals surface area contributed by atoms with Crippen molar-refractivity contribution in [3.63, 3.8) is 0 Å². The van der Waals surface area contributed by atoms with Crippen LogP contribution in [0.25, 0.3) is 10.6 Å². The van der Waals surface area contributed by atoms with Gasteiger partial charge in [-0.2, -0.15) is 0 Å². The zero-order chi connectivity index (χ0) is 19.5. The zero-order valence-corrected chi connectivity index (χ0v) is 15.8. The Kier molecular flexibility index (Phi) is 3.75. The first-order valence-corrected chi connectivity index (χ1v) is 9.58. The van der Waals surface area contributed by atoms with E-state index in [1.54, 1.807) is 16.7 Å². The molecule has 0 saturated heterocycles. The number of benzene rings is 1. The van der Waals surface area contributed by atoms with E-state index >= 15 is 0 Å². The second kappa shape index (κ2) is 6.08. The number of hydrogen-bond donors (Lipinski definition) is 0. The fourth-order valence-electron chi connectivity index (χ4n) is 3.80. The Morgan fingerprint density at radius 3 is 2.89 bits per heavy atom. The Morgan fingerprint density at radius 2 is 2.18 bits per heavy atom. The first kappa shape index (κ1) is 17.3. The number of nitro groups is 1. The number of nitrogens with zero attached hydrogens (tertiary/aromatic N) is 5. The van der Waals surface area contributed by atoms with Crippen molar-refractivity contribution < 1.29 is 14.1 Å². The number of imidazole rings is 1. The topological polar surface area (TPSA) is 86.3 Å². The van der Waals surface area contributed by atoms with Crippen molar-refractivity contribution in [2.75, 3.05) is 6.54 Å². The average Bonchev–Trinajstić information content (AvgIpc) is 3.33. The van der Waals surface area contributed by atoms with Crippen LogP contribution in [0.15, 0.2) is 30.5 Å². The minimum Gasteiger partial charge on any atom is -0.436 e. The molecule has 0 aliphatic carbocycles. The van der Waals surface area contributed by atoms with Crippen LogP contribution in [0.2, 0.25) is 0 Å². The Hall–Kier alpha value is -2.85. The molecule has 2 aliphatic heterocycles. The van der Waals surface area contributed by atoms with E-state index in [1.165, 1.54) is 23.6 Å². The third-order valence-electron chi connectivity index (χ3n) is 4.94. The highest BCUT2D eigenvalue weighted by molar-refractivity contribution is 7.15. The van der Waals surface area contributed by atoms with E-state index in [4.69, 9.17) is 4.74 Å². The number of fused-ring (bicyclic) bond motifs is 2. The van der Waals surface area contributed by atoms with Gasteiger partial charge in [0.1, 0.15) is 22.6 Å². The third kappa shape index (κ3) is 2.85. The summed E-state index contributed by atoms with van der Waals surface area (Å²) in [5.74, 6) is -0.465. The van der Waals surface area contributed by atoms with Gasteiger partial charge in [0.05, 0.1) is 12.2 Å². The van der Waals surface area contributed by atoms with Crippen molar-refractivity contribution in [1.82, 2.24) is 19.4 Å². The summed E-state index contributed by atoms with van der Waals surface area (Å²) in [5, 5.41) is 11.5. The Balaban J connectivity index is 1.27. The molecule has 28 heavy (non-hydrogen) atoms. The highest BCUT2D eigenvalue weighted by Gasteiger charge is 2.42. The number of rotatable bonds is 4. The fraction of sp³-hybridized carbons (Fsp3) is 0.333. The van der Waals surface area contributed by atoms with E-state index in [0.29, 0.717) is 30.2 Å². The molecule has 2 aliphatic rings. The van der Waals surface area contributed by atoms with Gasteiger partial charge in [-0.05, 0) is 24.0 Å². The lowest BCUT2D eigenvalue weighted by Gasteiger charge is -2.27. The van der Waals surface area contributed by atoms with Gasteiger partial charge in [0.15, 0.2) is 0 Å². The summed E-state index contributed by atoms with van der Waals surface area (Å²) in [6, 6.07) is 6.95. The third-order valence-corrected chi connectivity index (χ3v) is 6.05. The van der Waals surface area contributed by atoms with Crippen molar-refractivity contribution in [2.24, 2.45) is 0 Å². The van der Waals surface area contributed by atoms with Gasteiger partial charge < -0.3 is 14.9 Å². The van der Waals surface area contributed by atoms with Crippen molar-refractivity contribution in [3.8, 4) is 16.6 Å². The molecule has 3 aromatic rings. The maximum absolute atomic E-state index is 14.0. The summed E-state index contributed by atoms with van der Waals surface area (Å²) in [5.41, 5.74) is 0.991. The summed E-state index contributed by atoms with van der Waals surface area (Å²) in [6.45, 7) is 4.51. The monoisotopic (exact) mass is 401 g/mol. The molecule has 2 aromatic heterocycles. The minimum atomic E-state index is -0.524. The number of halogens is 1. The average molecular weight is 401 g/mol. The summed E-state index contributed by atoms with van der Waals surface area (Å²) in [4.78, 5) is 22.2. The van der Waals surface area contributed by atoms with Gasteiger partial charge >= 0.3 is 11.8 Å². The number of aromatic nitrogens is 3. The van der Waals surface area contributed by atoms with Crippen molar-refractivity contribution in [2.45, 2.75) is 32.2 Å². The van der Waals surface area contributed by atoms with Crippen LogP contribution in [0.1, 0.15) is 17.5 Å². The Labute approximate surface area is 163 Å². The predicted molar refractivity (Wildman–Crippen MR) is 99.5 cm³/mol. The van der Waals surface area contributed by atoms with E-state index in [-0.39, 0.29) is 17.6 Å². The van der Waals surface area contributed by atoms with Gasteiger partial charge in [0, 0.05) is 35.1 Å². The largest absolute Gasteiger partial charge is 0.436 e. The van der Waals surface area contributed by atoms with Gasteiger partial charge in [-0.15, -0.1) is 11.3 Å². The Morgan fingerprint density at radius 1 is 1.36 bits per heavy atom. The molecule has 0 fully saturated rings. The molecule has 4 heterocycles. The summed E-state index contributed by atoms with van der Waals surface area (Å²) < 4.78 is 21.6. The van der Waals surface area contributed by atoms with Crippen LogP contribution in [-0.4, -0.2) is 36.5 Å². The molecule has 0 radical (unpaired) electrons. The highest BCUT2D eigenvalue weighted by Crippen LogP contribution is 2.37. The van der Waals surface area contributed by atoms with Gasteiger partial charge in [-0.1, -0.05) is 12.1 Å². The van der Waals surface area contributed by atoms with E-state index in [9.17, 15) is 14.5 Å². The number of hydrogen-bond acceptors (Lipinski definition) is 7. The van der Waals surface area contributed by atoms with Gasteiger partial charge in [-0.3, -0.25) is 9.47 Å². The number of thiazole rings is 1. The second-order valence-corrected chi connectivity index (χ2v) is 8.42. The molecular formula is C18H16FN5O3S. The molecule has 5 rings (SSSR count). The number of ether oxygens (including phenoxy) is 1. The predicted octanol–water partition coefficient (Wildman–Crippen LogP) is 3.22. The van der Waals surface area contributed by atoms with Crippen molar-refractivity contribution in [3.05, 3.63) is 57.0 Å². The molecule has 0 amide bonds. The molecule has 1 aromatic carbocycles. The Bertz CT molecular complexity index is 1050. The van der Waals surface area contributed by atoms with E-state index in [2.05, 4.69) is 14.9 Å². The fourth-order valence-corrected chi connectivity index (χ4v) is 4.94. The molecular weight excluding hydrogens is 385 g/mol. The molecule has 10 heteroatoms. The highest BCUT2D eigenvalue weighted by atomic mass is 32.1. The van der Waals surface area contributed by atoms with Gasteiger partial charge in [-0.25, -0.2) is 9.37 Å². The van der Waals surface area contributed by atoms with E-state index in [0.717, 1.165) is 17.1 Å². The molecule has 1 atom stereocenters. The molecule has 0 saturated carbocycles. The summed E-state index contributed by atoms with van der Waals surface area (Å²) >= 11 is 1.52. The van der Waals surface area contributed by atoms with E-state index < -0.39 is 10.5 Å². The molecule has 144 valence electrons. The SMILES string of the molecule is C[C@]1(CN2Cc3nc(-c4ccccc4F)sc3C2)Cn2cc([N+](=O)[O-])nc2O1. The normalized spacial score (nSPS) is 20.8. The van der Waals surface area contributed by atoms with Gasteiger partial charge in [0.25, 0.3) is 0 Å². The van der Waals surface area contributed by atoms with Gasteiger partial charge in [0.2, 0.25) is 0 Å². The van der Waals surface area contributed by atoms with E-state index in [1.807, 2.05) is 13.0 Å². The smallest absolute Gasteiger partial charge is 0.415 e. The summed E-state index contributed by atoms with van der Waals surface area (Å²) in [6.07, 6.45) is 1.41.